The minimum absolute atomic E-state index is 0.0144. The van der Waals surface area contributed by atoms with Gasteiger partial charge in [-0.1, -0.05) is 12.2 Å². The Morgan fingerprint density at radius 2 is 1.58 bits per heavy atom. The Kier molecular flexibility index (Phi) is 6.60. The molecular weight excluding hydrogens is 160 g/mol. The molecule has 0 radical (unpaired) electrons. The van der Waals surface area contributed by atoms with Crippen molar-refractivity contribution in [3.63, 3.8) is 0 Å². The van der Waals surface area contributed by atoms with E-state index in [1.807, 2.05) is 0 Å². The molecule has 1 aliphatic rings. The van der Waals surface area contributed by atoms with E-state index in [4.69, 9.17) is 20.4 Å². The molecule has 0 bridgehead atoms. The van der Waals surface area contributed by atoms with E-state index in [0.29, 0.717) is 0 Å². The summed E-state index contributed by atoms with van der Waals surface area (Å²) in [4.78, 5) is 0. The average molecular weight is 174 g/mol. The minimum atomic E-state index is -0.394. The summed E-state index contributed by atoms with van der Waals surface area (Å²) in [6, 6.07) is 0. The number of hydrogen-bond acceptors (Lipinski definition) is 4. The fourth-order valence-corrected chi connectivity index (χ4v) is 0.450. The van der Waals surface area contributed by atoms with Crippen molar-refractivity contribution in [2.75, 3.05) is 19.8 Å². The normalized spacial score (nSPS) is 20.0. The first-order valence-electron chi connectivity index (χ1n) is 3.62. The molecule has 0 heterocycles. The van der Waals surface area contributed by atoms with Crippen molar-refractivity contribution in [3.05, 3.63) is 23.8 Å². The summed E-state index contributed by atoms with van der Waals surface area (Å²) < 4.78 is 0. The van der Waals surface area contributed by atoms with Gasteiger partial charge in [0.1, 0.15) is 0 Å². The molecule has 0 saturated carbocycles. The van der Waals surface area contributed by atoms with Gasteiger partial charge in [0.2, 0.25) is 0 Å². The molecule has 0 aliphatic heterocycles. The topological polar surface area (TPSA) is 80.9 Å². The summed E-state index contributed by atoms with van der Waals surface area (Å²) in [5.74, 6) is 0. The average Bonchev–Trinajstić information content (AvgIpc) is 2.79. The van der Waals surface area contributed by atoms with E-state index >= 15 is 0 Å². The minimum Gasteiger partial charge on any atom is -0.392 e. The van der Waals surface area contributed by atoms with Gasteiger partial charge >= 0.3 is 0 Å². The van der Waals surface area contributed by atoms with Crippen molar-refractivity contribution >= 4 is 0 Å². The third kappa shape index (κ3) is 6.06. The van der Waals surface area contributed by atoms with Crippen LogP contribution < -0.4 is 0 Å². The zero-order valence-corrected chi connectivity index (χ0v) is 6.72. The second-order valence-corrected chi connectivity index (χ2v) is 2.18. The number of rotatable bonds is 3. The van der Waals surface area contributed by atoms with Gasteiger partial charge in [0.05, 0.1) is 25.9 Å². The maximum Gasteiger partial charge on any atom is 0.0959 e. The molecule has 4 heteroatoms. The molecule has 4 nitrogen and oxygen atoms in total. The largest absolute Gasteiger partial charge is 0.392 e. The van der Waals surface area contributed by atoms with E-state index in [-0.39, 0.29) is 19.8 Å². The number of aliphatic hydroxyl groups excluding tert-OH is 4. The Hall–Kier alpha value is -0.680. The molecule has 1 atom stereocenters. The van der Waals surface area contributed by atoms with Gasteiger partial charge < -0.3 is 20.4 Å². The van der Waals surface area contributed by atoms with Crippen LogP contribution in [0.15, 0.2) is 23.8 Å². The zero-order chi connectivity index (χ0) is 9.40. The van der Waals surface area contributed by atoms with Crippen LogP contribution in [0.2, 0.25) is 0 Å². The van der Waals surface area contributed by atoms with Gasteiger partial charge in [0, 0.05) is 0 Å². The molecule has 0 saturated heterocycles. The molecule has 0 amide bonds. The fraction of sp³-hybridized carbons (Fsp3) is 0.500. The summed E-state index contributed by atoms with van der Waals surface area (Å²) in [5, 5.41) is 32.5. The maximum atomic E-state index is 8.37. The number of aliphatic hydroxyl groups is 4. The fourth-order valence-electron chi connectivity index (χ4n) is 0.450. The van der Waals surface area contributed by atoms with Gasteiger partial charge in [-0.25, -0.2) is 0 Å². The van der Waals surface area contributed by atoms with Crippen LogP contribution in [0, 0.1) is 0 Å². The van der Waals surface area contributed by atoms with Crippen LogP contribution in [0.5, 0.6) is 0 Å². The molecule has 0 fully saturated rings. The van der Waals surface area contributed by atoms with Crippen molar-refractivity contribution in [2.45, 2.75) is 6.10 Å². The van der Waals surface area contributed by atoms with Crippen LogP contribution in [0.25, 0.3) is 0 Å². The molecule has 0 spiro atoms. The molecule has 1 aliphatic carbocycles. The third-order valence-corrected chi connectivity index (χ3v) is 1.20. The summed E-state index contributed by atoms with van der Waals surface area (Å²) in [6.45, 7) is 0.0439. The second-order valence-electron chi connectivity index (χ2n) is 2.18. The Balaban J connectivity index is 0.000000202. The highest BCUT2D eigenvalue weighted by Crippen LogP contribution is 2.17. The predicted molar refractivity (Wildman–Crippen MR) is 44.5 cm³/mol. The van der Waals surface area contributed by atoms with E-state index in [0.717, 1.165) is 5.57 Å². The maximum absolute atomic E-state index is 8.37. The van der Waals surface area contributed by atoms with E-state index in [1.165, 1.54) is 12.2 Å². The van der Waals surface area contributed by atoms with Crippen LogP contribution >= 0.6 is 0 Å². The Morgan fingerprint density at radius 3 is 1.67 bits per heavy atom. The molecular formula is C8H14O4. The quantitative estimate of drug-likeness (QED) is 0.405. The monoisotopic (exact) mass is 174 g/mol. The van der Waals surface area contributed by atoms with Gasteiger partial charge in [-0.15, -0.1) is 0 Å². The van der Waals surface area contributed by atoms with Crippen LogP contribution in [-0.4, -0.2) is 46.4 Å². The van der Waals surface area contributed by atoms with E-state index in [9.17, 15) is 0 Å². The van der Waals surface area contributed by atoms with Crippen LogP contribution in [-0.2, 0) is 0 Å². The summed E-state index contributed by atoms with van der Waals surface area (Å²) in [7, 11) is 0. The molecule has 0 aromatic rings. The summed E-state index contributed by atoms with van der Waals surface area (Å²) in [6.07, 6.45) is 4.19. The Bertz CT molecular complexity index is 156. The third-order valence-electron chi connectivity index (χ3n) is 1.20. The first-order chi connectivity index (χ1) is 5.76. The van der Waals surface area contributed by atoms with Crippen molar-refractivity contribution in [2.24, 2.45) is 0 Å². The highest BCUT2D eigenvalue weighted by molar-refractivity contribution is 5.31. The molecule has 0 aromatic carbocycles. The van der Waals surface area contributed by atoms with Crippen molar-refractivity contribution in [1.82, 2.24) is 0 Å². The van der Waals surface area contributed by atoms with Crippen LogP contribution in [0.3, 0.4) is 0 Å². The molecule has 1 rings (SSSR count). The van der Waals surface area contributed by atoms with Gasteiger partial charge in [0.15, 0.2) is 0 Å². The molecule has 70 valence electrons. The summed E-state index contributed by atoms with van der Waals surface area (Å²) >= 11 is 0. The lowest BCUT2D eigenvalue weighted by atomic mass is 10.5. The molecule has 0 aromatic heterocycles. The van der Waals surface area contributed by atoms with Gasteiger partial charge in [-0.05, 0) is 11.6 Å². The Labute approximate surface area is 71.1 Å². The Morgan fingerprint density at radius 1 is 1.17 bits per heavy atom. The summed E-state index contributed by atoms with van der Waals surface area (Å²) in [5.41, 5.74) is 0.745. The first kappa shape index (κ1) is 11.3. The predicted octanol–water partition coefficient (Wildman–Crippen LogP) is -1.19. The van der Waals surface area contributed by atoms with Gasteiger partial charge in [-0.2, -0.15) is 0 Å². The standard InChI is InChI=1S/C4H6O2.C4H8O2/c5-2-3-1-4(3)6;5-3-1-2-4-6/h1,4-6H,2H2;1-2,5-6H,3-4H2. The van der Waals surface area contributed by atoms with Crippen molar-refractivity contribution < 1.29 is 20.4 Å². The lowest BCUT2D eigenvalue weighted by Gasteiger charge is -1.78. The lowest BCUT2D eigenvalue weighted by molar-refractivity contribution is 0.266. The number of hydrogen-bond donors (Lipinski definition) is 4. The molecule has 1 unspecified atom stereocenters. The van der Waals surface area contributed by atoms with E-state index < -0.39 is 6.10 Å². The first-order valence-corrected chi connectivity index (χ1v) is 3.62. The van der Waals surface area contributed by atoms with Crippen LogP contribution in [0.4, 0.5) is 0 Å². The highest BCUT2D eigenvalue weighted by Gasteiger charge is 2.18. The molecule has 4 N–H and O–H groups in total. The van der Waals surface area contributed by atoms with E-state index in [2.05, 4.69) is 0 Å². The van der Waals surface area contributed by atoms with Crippen molar-refractivity contribution in [3.8, 4) is 0 Å². The molecule has 12 heavy (non-hydrogen) atoms. The smallest absolute Gasteiger partial charge is 0.0959 e. The lowest BCUT2D eigenvalue weighted by Crippen LogP contribution is -1.86. The van der Waals surface area contributed by atoms with Gasteiger partial charge in [-0.3, -0.25) is 0 Å². The SMILES string of the molecule is OCC1=CC1O.OCC=CCO. The van der Waals surface area contributed by atoms with Crippen molar-refractivity contribution in [1.29, 1.82) is 0 Å². The second kappa shape index (κ2) is 7.00. The van der Waals surface area contributed by atoms with Crippen LogP contribution in [0.1, 0.15) is 0 Å². The highest BCUT2D eigenvalue weighted by atomic mass is 16.3. The van der Waals surface area contributed by atoms with E-state index in [1.54, 1.807) is 6.08 Å². The van der Waals surface area contributed by atoms with Gasteiger partial charge in [0.25, 0.3) is 0 Å². The zero-order valence-electron chi connectivity index (χ0n) is 6.72.